The second-order valence-corrected chi connectivity index (χ2v) is 11.3. The van der Waals surface area contributed by atoms with Gasteiger partial charge in [-0.15, -0.1) is 0 Å². The topological polar surface area (TPSA) is 138 Å². The standard InChI is InChI=1S/C27H36F3N7O4/c1-27(2,3)41-26(38)34-23-15-37(14-19(23)18-10-21(29)22(30)11-20(18)28)25-32-12-17(13-33-25)40-9-6-16-4-7-36(8-5-16)24(31)35-39/h10-13,16,19,23,39H,4-9,14-15H2,1-3H3,(H2,31,35)(H,34,38). The van der Waals surface area contributed by atoms with Crippen molar-refractivity contribution >= 4 is 18.0 Å². The second-order valence-electron chi connectivity index (χ2n) is 11.3. The Morgan fingerprint density at radius 3 is 2.41 bits per heavy atom. The number of hydrogen-bond acceptors (Lipinski definition) is 8. The van der Waals surface area contributed by atoms with Crippen LogP contribution in [0.1, 0.15) is 51.5 Å². The lowest BCUT2D eigenvalue weighted by Crippen LogP contribution is -2.43. The number of nitrogens with zero attached hydrogens (tertiary/aromatic N) is 5. The van der Waals surface area contributed by atoms with Gasteiger partial charge in [0.05, 0.1) is 25.0 Å². The van der Waals surface area contributed by atoms with Crippen molar-refractivity contribution in [1.29, 1.82) is 0 Å². The molecule has 2 fully saturated rings. The molecule has 4 rings (SSSR count). The first kappa shape index (κ1) is 30.0. The van der Waals surface area contributed by atoms with Crippen molar-refractivity contribution in [3.05, 3.63) is 47.5 Å². The predicted molar refractivity (Wildman–Crippen MR) is 144 cm³/mol. The van der Waals surface area contributed by atoms with Crippen molar-refractivity contribution < 1.29 is 32.6 Å². The van der Waals surface area contributed by atoms with Gasteiger partial charge in [-0.2, -0.15) is 0 Å². The van der Waals surface area contributed by atoms with Crippen LogP contribution in [0, 0.1) is 23.4 Å². The largest absolute Gasteiger partial charge is 0.490 e. The van der Waals surface area contributed by atoms with Crippen LogP contribution in [0.5, 0.6) is 5.75 Å². The van der Waals surface area contributed by atoms with E-state index in [0.29, 0.717) is 43.4 Å². The fraction of sp³-hybridized carbons (Fsp3) is 0.556. The fourth-order valence-corrected chi connectivity index (χ4v) is 5.11. The molecule has 0 aliphatic carbocycles. The van der Waals surface area contributed by atoms with Gasteiger partial charge in [0, 0.05) is 38.2 Å². The van der Waals surface area contributed by atoms with E-state index in [4.69, 9.17) is 20.4 Å². The van der Waals surface area contributed by atoms with Gasteiger partial charge in [0.25, 0.3) is 0 Å². The molecule has 4 N–H and O–H groups in total. The minimum Gasteiger partial charge on any atom is -0.490 e. The maximum absolute atomic E-state index is 14.7. The first-order chi connectivity index (χ1) is 19.4. The average molecular weight is 580 g/mol. The number of alkyl carbamates (subject to hydrolysis) is 1. The number of halogens is 3. The Balaban J connectivity index is 1.38. The molecule has 2 aromatic rings. The number of rotatable bonds is 7. The summed E-state index contributed by atoms with van der Waals surface area (Å²) in [6.07, 6.45) is 5.00. The third-order valence-corrected chi connectivity index (χ3v) is 7.19. The number of anilines is 1. The van der Waals surface area contributed by atoms with Gasteiger partial charge in [-0.05, 0) is 57.6 Å². The van der Waals surface area contributed by atoms with E-state index in [2.05, 4.69) is 20.4 Å². The van der Waals surface area contributed by atoms with Crippen LogP contribution in [0.4, 0.5) is 23.9 Å². The third-order valence-electron chi connectivity index (χ3n) is 7.19. The maximum Gasteiger partial charge on any atom is 0.407 e. The lowest BCUT2D eigenvalue weighted by atomic mass is 9.93. The molecule has 41 heavy (non-hydrogen) atoms. The molecule has 0 spiro atoms. The van der Waals surface area contributed by atoms with Crippen LogP contribution in [0.3, 0.4) is 0 Å². The Bertz CT molecular complexity index is 1230. The quantitative estimate of drug-likeness (QED) is 0.148. The van der Waals surface area contributed by atoms with E-state index in [1.165, 1.54) is 12.4 Å². The number of benzene rings is 1. The van der Waals surface area contributed by atoms with Gasteiger partial charge in [-0.25, -0.2) is 27.9 Å². The molecule has 1 amide bonds. The summed E-state index contributed by atoms with van der Waals surface area (Å²) in [5, 5.41) is 14.6. The molecule has 0 radical (unpaired) electrons. The number of carbonyl (C=O) groups excluding carboxylic acids is 1. The van der Waals surface area contributed by atoms with Crippen LogP contribution < -0.4 is 20.7 Å². The first-order valence-electron chi connectivity index (χ1n) is 13.5. The number of carbonyl (C=O) groups is 1. The molecular formula is C27H36F3N7O4. The monoisotopic (exact) mass is 579 g/mol. The summed E-state index contributed by atoms with van der Waals surface area (Å²) in [6, 6.07) is 0.636. The van der Waals surface area contributed by atoms with Crippen LogP contribution >= 0.6 is 0 Å². The Kier molecular flexibility index (Phi) is 9.28. The molecule has 2 saturated heterocycles. The zero-order chi connectivity index (χ0) is 29.7. The molecule has 224 valence electrons. The molecule has 2 aliphatic rings. The number of likely N-dealkylation sites (tertiary alicyclic amines) is 1. The molecule has 0 saturated carbocycles. The van der Waals surface area contributed by atoms with Crippen LogP contribution in [0.15, 0.2) is 29.7 Å². The molecule has 0 bridgehead atoms. The lowest BCUT2D eigenvalue weighted by Gasteiger charge is -2.31. The highest BCUT2D eigenvalue weighted by Crippen LogP contribution is 2.33. The number of oxime groups is 1. The number of hydrogen-bond donors (Lipinski definition) is 3. The summed E-state index contributed by atoms with van der Waals surface area (Å²) in [5.41, 5.74) is 4.82. The second kappa shape index (κ2) is 12.7. The number of guanidine groups is 1. The van der Waals surface area contributed by atoms with E-state index in [0.717, 1.165) is 25.3 Å². The molecule has 3 heterocycles. The van der Waals surface area contributed by atoms with Gasteiger partial charge in [0.15, 0.2) is 17.4 Å². The van der Waals surface area contributed by atoms with Gasteiger partial charge in [0.1, 0.15) is 11.4 Å². The molecular weight excluding hydrogens is 543 g/mol. The van der Waals surface area contributed by atoms with E-state index in [-0.39, 0.29) is 24.6 Å². The zero-order valence-electron chi connectivity index (χ0n) is 23.3. The highest BCUT2D eigenvalue weighted by molar-refractivity contribution is 5.77. The predicted octanol–water partition coefficient (Wildman–Crippen LogP) is 3.58. The van der Waals surface area contributed by atoms with Crippen LogP contribution in [0.25, 0.3) is 0 Å². The lowest BCUT2D eigenvalue weighted by molar-refractivity contribution is 0.0504. The van der Waals surface area contributed by atoms with E-state index < -0.39 is 41.1 Å². The van der Waals surface area contributed by atoms with Crippen molar-refractivity contribution in [1.82, 2.24) is 20.2 Å². The fourth-order valence-electron chi connectivity index (χ4n) is 5.11. The normalized spacial score (nSPS) is 20.3. The number of ether oxygens (including phenoxy) is 2. The van der Waals surface area contributed by atoms with E-state index >= 15 is 0 Å². The minimum atomic E-state index is -1.29. The third kappa shape index (κ3) is 7.82. The molecule has 1 aromatic carbocycles. The van der Waals surface area contributed by atoms with Crippen molar-refractivity contribution in [2.45, 2.75) is 57.6 Å². The van der Waals surface area contributed by atoms with Crippen molar-refractivity contribution in [2.24, 2.45) is 16.8 Å². The Morgan fingerprint density at radius 1 is 1.12 bits per heavy atom. The van der Waals surface area contributed by atoms with Crippen molar-refractivity contribution in [3.8, 4) is 5.75 Å². The van der Waals surface area contributed by atoms with Crippen LogP contribution in [0.2, 0.25) is 0 Å². The number of nitrogens with two attached hydrogens (primary N) is 1. The highest BCUT2D eigenvalue weighted by atomic mass is 19.2. The average Bonchev–Trinajstić information content (AvgIpc) is 3.33. The number of aromatic nitrogens is 2. The van der Waals surface area contributed by atoms with E-state index in [1.54, 1.807) is 25.7 Å². The number of piperidine rings is 1. The summed E-state index contributed by atoms with van der Waals surface area (Å²) in [6.45, 7) is 7.38. The van der Waals surface area contributed by atoms with E-state index in [9.17, 15) is 18.0 Å². The SMILES string of the molecule is CC(C)(C)OC(=O)NC1CN(c2ncc(OCCC3CCN(C(N)=NO)CC3)cn2)CC1c1cc(F)c(F)cc1F. The van der Waals surface area contributed by atoms with Gasteiger partial charge >= 0.3 is 6.09 Å². The van der Waals surface area contributed by atoms with Gasteiger partial charge < -0.3 is 35.5 Å². The maximum atomic E-state index is 14.7. The van der Waals surface area contributed by atoms with Crippen LogP contribution in [-0.4, -0.2) is 76.6 Å². The van der Waals surface area contributed by atoms with Gasteiger partial charge in [0.2, 0.25) is 11.9 Å². The molecule has 2 atom stereocenters. The van der Waals surface area contributed by atoms with Crippen LogP contribution in [-0.2, 0) is 4.74 Å². The molecule has 2 unspecified atom stereocenters. The Labute approximate surface area is 236 Å². The highest BCUT2D eigenvalue weighted by Gasteiger charge is 2.39. The van der Waals surface area contributed by atoms with Gasteiger partial charge in [-0.1, -0.05) is 5.16 Å². The Hall–Kier alpha value is -3.97. The van der Waals surface area contributed by atoms with Crippen molar-refractivity contribution in [3.63, 3.8) is 0 Å². The minimum absolute atomic E-state index is 0.0652. The first-order valence-corrected chi connectivity index (χ1v) is 13.5. The number of nitrogens with one attached hydrogen (secondary N) is 1. The summed E-state index contributed by atoms with van der Waals surface area (Å²) >= 11 is 0. The van der Waals surface area contributed by atoms with Gasteiger partial charge in [-0.3, -0.25) is 0 Å². The molecule has 14 heteroatoms. The summed E-state index contributed by atoms with van der Waals surface area (Å²) in [5.74, 6) is -2.73. The Morgan fingerprint density at radius 2 is 1.78 bits per heavy atom. The molecule has 2 aliphatic heterocycles. The molecule has 11 nitrogen and oxygen atoms in total. The summed E-state index contributed by atoms with van der Waals surface area (Å²) in [4.78, 5) is 24.8. The summed E-state index contributed by atoms with van der Waals surface area (Å²) < 4.78 is 53.6. The van der Waals surface area contributed by atoms with Crippen molar-refractivity contribution in [2.75, 3.05) is 37.7 Å². The molecule has 1 aromatic heterocycles. The smallest absolute Gasteiger partial charge is 0.407 e. The number of amides is 1. The zero-order valence-corrected chi connectivity index (χ0v) is 23.3. The van der Waals surface area contributed by atoms with E-state index in [1.807, 2.05) is 4.90 Å². The summed E-state index contributed by atoms with van der Waals surface area (Å²) in [7, 11) is 0.